The lowest BCUT2D eigenvalue weighted by Crippen LogP contribution is -2.36. The van der Waals surface area contributed by atoms with E-state index in [1.807, 2.05) is 0 Å². The van der Waals surface area contributed by atoms with Gasteiger partial charge in [0.25, 0.3) is 0 Å². The SMILES string of the molecule is CC(C)C(CN)CNCCN1CCCC1. The second-order valence-corrected chi connectivity index (χ2v) is 4.99. The van der Waals surface area contributed by atoms with E-state index < -0.39 is 0 Å². The third-order valence-electron chi connectivity index (χ3n) is 3.46. The fraction of sp³-hybridized carbons (Fsp3) is 1.00. The fourth-order valence-corrected chi connectivity index (χ4v) is 2.12. The highest BCUT2D eigenvalue weighted by Crippen LogP contribution is 2.08. The zero-order valence-electron chi connectivity index (χ0n) is 10.3. The molecular weight excluding hydrogens is 186 g/mol. The molecule has 0 bridgehead atoms. The highest BCUT2D eigenvalue weighted by Gasteiger charge is 2.12. The normalized spacial score (nSPS) is 20.0. The van der Waals surface area contributed by atoms with Crippen LogP contribution in [0.25, 0.3) is 0 Å². The Bertz CT molecular complexity index is 153. The van der Waals surface area contributed by atoms with Crippen LogP contribution in [0.2, 0.25) is 0 Å². The van der Waals surface area contributed by atoms with Crippen LogP contribution in [-0.4, -0.2) is 44.2 Å². The molecule has 3 nitrogen and oxygen atoms in total. The molecule has 1 saturated heterocycles. The number of nitrogens with two attached hydrogens (primary N) is 1. The van der Waals surface area contributed by atoms with Gasteiger partial charge in [-0.05, 0) is 50.9 Å². The van der Waals surface area contributed by atoms with Gasteiger partial charge >= 0.3 is 0 Å². The van der Waals surface area contributed by atoms with Crippen LogP contribution in [-0.2, 0) is 0 Å². The number of hydrogen-bond acceptors (Lipinski definition) is 3. The molecule has 0 aromatic rings. The molecule has 0 saturated carbocycles. The summed E-state index contributed by atoms with van der Waals surface area (Å²) in [5.41, 5.74) is 5.73. The standard InChI is InChI=1S/C12H27N3/c1-11(2)12(9-13)10-14-5-8-15-6-3-4-7-15/h11-12,14H,3-10,13H2,1-2H3. The summed E-state index contributed by atoms with van der Waals surface area (Å²) in [6.07, 6.45) is 2.77. The van der Waals surface area contributed by atoms with Crippen LogP contribution in [0.1, 0.15) is 26.7 Å². The van der Waals surface area contributed by atoms with Gasteiger partial charge in [-0.3, -0.25) is 0 Å². The summed E-state index contributed by atoms with van der Waals surface area (Å²) >= 11 is 0. The molecule has 1 fully saturated rings. The molecule has 3 N–H and O–H groups in total. The van der Waals surface area contributed by atoms with E-state index in [4.69, 9.17) is 5.73 Å². The molecule has 1 aliphatic rings. The van der Waals surface area contributed by atoms with E-state index in [0.717, 1.165) is 19.6 Å². The molecule has 0 aromatic carbocycles. The van der Waals surface area contributed by atoms with Gasteiger partial charge in [0.15, 0.2) is 0 Å². The lowest BCUT2D eigenvalue weighted by Gasteiger charge is -2.20. The summed E-state index contributed by atoms with van der Waals surface area (Å²) in [4.78, 5) is 2.54. The van der Waals surface area contributed by atoms with Gasteiger partial charge in [-0.1, -0.05) is 13.8 Å². The molecular formula is C12H27N3. The minimum absolute atomic E-state index is 0.628. The second kappa shape index (κ2) is 7.20. The van der Waals surface area contributed by atoms with E-state index in [2.05, 4.69) is 24.1 Å². The average Bonchev–Trinajstić information content (AvgIpc) is 2.70. The first kappa shape index (κ1) is 12.9. The number of nitrogens with one attached hydrogen (secondary N) is 1. The molecule has 0 spiro atoms. The van der Waals surface area contributed by atoms with Gasteiger partial charge < -0.3 is 16.0 Å². The van der Waals surface area contributed by atoms with E-state index in [0.29, 0.717) is 11.8 Å². The van der Waals surface area contributed by atoms with Crippen molar-refractivity contribution in [1.29, 1.82) is 0 Å². The first-order valence-electron chi connectivity index (χ1n) is 6.37. The molecule has 1 rings (SSSR count). The quantitative estimate of drug-likeness (QED) is 0.618. The third-order valence-corrected chi connectivity index (χ3v) is 3.46. The molecule has 0 radical (unpaired) electrons. The molecule has 0 amide bonds. The molecule has 1 atom stereocenters. The van der Waals surface area contributed by atoms with Crippen molar-refractivity contribution in [3.05, 3.63) is 0 Å². The topological polar surface area (TPSA) is 41.3 Å². The first-order chi connectivity index (χ1) is 7.24. The predicted octanol–water partition coefficient (Wildman–Crippen LogP) is 0.903. The predicted molar refractivity (Wildman–Crippen MR) is 65.9 cm³/mol. The monoisotopic (exact) mass is 213 g/mol. The Morgan fingerprint density at radius 2 is 1.93 bits per heavy atom. The zero-order chi connectivity index (χ0) is 11.1. The van der Waals surface area contributed by atoms with Crippen LogP contribution in [0.15, 0.2) is 0 Å². The van der Waals surface area contributed by atoms with Crippen molar-refractivity contribution in [3.8, 4) is 0 Å². The zero-order valence-corrected chi connectivity index (χ0v) is 10.3. The second-order valence-electron chi connectivity index (χ2n) is 4.99. The van der Waals surface area contributed by atoms with Crippen LogP contribution in [0.5, 0.6) is 0 Å². The van der Waals surface area contributed by atoms with Crippen molar-refractivity contribution in [2.75, 3.05) is 39.3 Å². The summed E-state index contributed by atoms with van der Waals surface area (Å²) in [7, 11) is 0. The smallest absolute Gasteiger partial charge is 0.0107 e. The largest absolute Gasteiger partial charge is 0.330 e. The maximum absolute atomic E-state index is 5.73. The fourth-order valence-electron chi connectivity index (χ4n) is 2.12. The lowest BCUT2D eigenvalue weighted by atomic mass is 9.96. The van der Waals surface area contributed by atoms with Crippen LogP contribution < -0.4 is 11.1 Å². The van der Waals surface area contributed by atoms with E-state index in [1.165, 1.54) is 32.5 Å². The van der Waals surface area contributed by atoms with Crippen molar-refractivity contribution >= 4 is 0 Å². The molecule has 1 unspecified atom stereocenters. The summed E-state index contributed by atoms with van der Waals surface area (Å²) in [5.74, 6) is 1.32. The van der Waals surface area contributed by atoms with Crippen LogP contribution in [0.4, 0.5) is 0 Å². The van der Waals surface area contributed by atoms with Crippen molar-refractivity contribution < 1.29 is 0 Å². The van der Waals surface area contributed by atoms with E-state index in [-0.39, 0.29) is 0 Å². The summed E-state index contributed by atoms with van der Waals surface area (Å²) in [6.45, 7) is 11.3. The maximum atomic E-state index is 5.73. The van der Waals surface area contributed by atoms with Gasteiger partial charge in [0.2, 0.25) is 0 Å². The lowest BCUT2D eigenvalue weighted by molar-refractivity contribution is 0.318. The highest BCUT2D eigenvalue weighted by atomic mass is 15.1. The summed E-state index contributed by atoms with van der Waals surface area (Å²) < 4.78 is 0. The van der Waals surface area contributed by atoms with Crippen molar-refractivity contribution in [2.45, 2.75) is 26.7 Å². The Kier molecular flexibility index (Phi) is 6.22. The van der Waals surface area contributed by atoms with Crippen LogP contribution in [0.3, 0.4) is 0 Å². The number of likely N-dealkylation sites (tertiary alicyclic amines) is 1. The van der Waals surface area contributed by atoms with E-state index in [9.17, 15) is 0 Å². The minimum atomic E-state index is 0.628. The molecule has 1 heterocycles. The Hall–Kier alpha value is -0.120. The summed E-state index contributed by atoms with van der Waals surface area (Å²) in [6, 6.07) is 0. The van der Waals surface area contributed by atoms with Crippen molar-refractivity contribution in [1.82, 2.24) is 10.2 Å². The Morgan fingerprint density at radius 1 is 1.27 bits per heavy atom. The minimum Gasteiger partial charge on any atom is -0.330 e. The third kappa shape index (κ3) is 4.96. The molecule has 0 aliphatic carbocycles. The van der Waals surface area contributed by atoms with Gasteiger partial charge in [-0.15, -0.1) is 0 Å². The molecule has 90 valence electrons. The Morgan fingerprint density at radius 3 is 2.47 bits per heavy atom. The van der Waals surface area contributed by atoms with Gasteiger partial charge in [0, 0.05) is 13.1 Å². The maximum Gasteiger partial charge on any atom is 0.0107 e. The van der Waals surface area contributed by atoms with Crippen LogP contribution in [0, 0.1) is 11.8 Å². The Labute approximate surface area is 94.4 Å². The van der Waals surface area contributed by atoms with Gasteiger partial charge in [-0.2, -0.15) is 0 Å². The van der Waals surface area contributed by atoms with Gasteiger partial charge in [-0.25, -0.2) is 0 Å². The highest BCUT2D eigenvalue weighted by molar-refractivity contribution is 4.69. The van der Waals surface area contributed by atoms with Crippen molar-refractivity contribution in [2.24, 2.45) is 17.6 Å². The number of nitrogens with zero attached hydrogens (tertiary/aromatic N) is 1. The number of rotatable bonds is 7. The average molecular weight is 213 g/mol. The number of hydrogen-bond donors (Lipinski definition) is 2. The first-order valence-corrected chi connectivity index (χ1v) is 6.37. The van der Waals surface area contributed by atoms with Crippen LogP contribution >= 0.6 is 0 Å². The van der Waals surface area contributed by atoms with E-state index in [1.54, 1.807) is 0 Å². The molecule has 15 heavy (non-hydrogen) atoms. The van der Waals surface area contributed by atoms with Gasteiger partial charge in [0.1, 0.15) is 0 Å². The molecule has 1 aliphatic heterocycles. The molecule has 3 heteroatoms. The molecule has 0 aromatic heterocycles. The van der Waals surface area contributed by atoms with Crippen molar-refractivity contribution in [3.63, 3.8) is 0 Å². The van der Waals surface area contributed by atoms with E-state index >= 15 is 0 Å². The Balaban J connectivity index is 1.99. The van der Waals surface area contributed by atoms with Gasteiger partial charge in [0.05, 0.1) is 0 Å². The summed E-state index contributed by atoms with van der Waals surface area (Å²) in [5, 5.41) is 3.52.